The molecular formula is C18H19NO. The maximum atomic E-state index is 5.75. The molecule has 0 aliphatic heterocycles. The van der Waals surface area contributed by atoms with Gasteiger partial charge >= 0.3 is 0 Å². The van der Waals surface area contributed by atoms with Crippen LogP contribution in [-0.4, -0.2) is 11.2 Å². The average molecular weight is 265 g/mol. The molecule has 0 bridgehead atoms. The first-order valence-electron chi connectivity index (χ1n) is 7.04. The molecule has 0 aliphatic carbocycles. The third-order valence-electron chi connectivity index (χ3n) is 3.55. The van der Waals surface area contributed by atoms with Gasteiger partial charge in [-0.2, -0.15) is 0 Å². The van der Waals surface area contributed by atoms with Crippen LogP contribution in [0.3, 0.4) is 0 Å². The maximum Gasteiger partial charge on any atom is 0.128 e. The van der Waals surface area contributed by atoms with Gasteiger partial charge in [0.2, 0.25) is 0 Å². The molecule has 102 valence electrons. The van der Waals surface area contributed by atoms with Gasteiger partial charge in [0.1, 0.15) is 5.75 Å². The number of aromatic nitrogens is 1. The summed E-state index contributed by atoms with van der Waals surface area (Å²) in [6.45, 7) is 5.75. The normalized spacial score (nSPS) is 10.9. The smallest absolute Gasteiger partial charge is 0.128 e. The van der Waals surface area contributed by atoms with Crippen molar-refractivity contribution in [2.24, 2.45) is 0 Å². The quantitative estimate of drug-likeness (QED) is 0.682. The van der Waals surface area contributed by atoms with E-state index in [1.54, 1.807) is 0 Å². The standard InChI is InChI=1S/C18H19NO/c1-3-20-17-11-7-10-16-18(17)14(2)12-19(16)13-15-8-5-4-6-9-15/h4-12H,3,13H2,1-2H3. The van der Waals surface area contributed by atoms with Crippen molar-refractivity contribution in [3.8, 4) is 5.75 Å². The Bertz CT molecular complexity index is 713. The van der Waals surface area contributed by atoms with Gasteiger partial charge in [0.25, 0.3) is 0 Å². The number of fused-ring (bicyclic) bond motifs is 1. The van der Waals surface area contributed by atoms with Gasteiger partial charge in [0, 0.05) is 18.1 Å². The van der Waals surface area contributed by atoms with Crippen LogP contribution in [0, 0.1) is 6.92 Å². The SMILES string of the molecule is CCOc1cccc2c1c(C)cn2Cc1ccccc1. The number of hydrogen-bond donors (Lipinski definition) is 0. The number of aryl methyl sites for hydroxylation is 1. The molecule has 0 radical (unpaired) electrons. The lowest BCUT2D eigenvalue weighted by molar-refractivity contribution is 0.344. The van der Waals surface area contributed by atoms with Crippen LogP contribution < -0.4 is 4.74 Å². The van der Waals surface area contributed by atoms with Crippen LogP contribution in [0.15, 0.2) is 54.7 Å². The Labute approximate surface area is 119 Å². The first-order chi connectivity index (χ1) is 9.79. The molecule has 0 N–H and O–H groups in total. The number of ether oxygens (including phenoxy) is 1. The highest BCUT2D eigenvalue weighted by Crippen LogP contribution is 2.30. The van der Waals surface area contributed by atoms with Crippen molar-refractivity contribution < 1.29 is 4.74 Å². The summed E-state index contributed by atoms with van der Waals surface area (Å²) in [4.78, 5) is 0. The van der Waals surface area contributed by atoms with Gasteiger partial charge in [-0.1, -0.05) is 36.4 Å². The summed E-state index contributed by atoms with van der Waals surface area (Å²) in [5, 5.41) is 1.23. The fraction of sp³-hybridized carbons (Fsp3) is 0.222. The molecule has 1 aromatic heterocycles. The topological polar surface area (TPSA) is 14.2 Å². The highest BCUT2D eigenvalue weighted by atomic mass is 16.5. The lowest BCUT2D eigenvalue weighted by Gasteiger charge is -2.08. The monoisotopic (exact) mass is 265 g/mol. The lowest BCUT2D eigenvalue weighted by atomic mass is 10.2. The second-order valence-electron chi connectivity index (χ2n) is 5.01. The predicted octanol–water partition coefficient (Wildman–Crippen LogP) is 4.40. The molecule has 0 aliphatic rings. The van der Waals surface area contributed by atoms with Crippen LogP contribution in [0.5, 0.6) is 5.75 Å². The van der Waals surface area contributed by atoms with E-state index >= 15 is 0 Å². The highest BCUT2D eigenvalue weighted by molar-refractivity contribution is 5.89. The zero-order chi connectivity index (χ0) is 13.9. The first kappa shape index (κ1) is 12.8. The Morgan fingerprint density at radius 3 is 2.55 bits per heavy atom. The third kappa shape index (κ3) is 2.29. The van der Waals surface area contributed by atoms with Crippen LogP contribution in [0.25, 0.3) is 10.9 Å². The first-order valence-corrected chi connectivity index (χ1v) is 7.04. The Kier molecular flexibility index (Phi) is 3.46. The van der Waals surface area contributed by atoms with E-state index < -0.39 is 0 Å². The van der Waals surface area contributed by atoms with E-state index in [2.05, 4.69) is 60.2 Å². The molecule has 3 rings (SSSR count). The minimum Gasteiger partial charge on any atom is -0.493 e. The molecule has 2 aromatic carbocycles. The van der Waals surface area contributed by atoms with E-state index in [0.717, 1.165) is 12.3 Å². The molecule has 0 fully saturated rings. The number of hydrogen-bond acceptors (Lipinski definition) is 1. The summed E-state index contributed by atoms with van der Waals surface area (Å²) in [6, 6.07) is 16.8. The third-order valence-corrected chi connectivity index (χ3v) is 3.55. The van der Waals surface area contributed by atoms with Crippen molar-refractivity contribution in [1.82, 2.24) is 4.57 Å². The van der Waals surface area contributed by atoms with Crippen molar-refractivity contribution in [2.45, 2.75) is 20.4 Å². The van der Waals surface area contributed by atoms with Gasteiger partial charge in [-0.15, -0.1) is 0 Å². The van der Waals surface area contributed by atoms with Crippen molar-refractivity contribution in [1.29, 1.82) is 0 Å². The van der Waals surface area contributed by atoms with Crippen molar-refractivity contribution in [3.63, 3.8) is 0 Å². The molecule has 0 amide bonds. The summed E-state index contributed by atoms with van der Waals surface area (Å²) in [7, 11) is 0. The van der Waals surface area contributed by atoms with E-state index in [1.807, 2.05) is 13.0 Å². The summed E-state index contributed by atoms with van der Waals surface area (Å²) < 4.78 is 8.04. The molecule has 0 atom stereocenters. The lowest BCUT2D eigenvalue weighted by Crippen LogP contribution is -1.97. The second kappa shape index (κ2) is 5.41. The molecule has 0 spiro atoms. The van der Waals surface area contributed by atoms with Crippen LogP contribution >= 0.6 is 0 Å². The molecule has 20 heavy (non-hydrogen) atoms. The van der Waals surface area contributed by atoms with Gasteiger partial charge in [0.05, 0.1) is 12.1 Å². The fourth-order valence-electron chi connectivity index (χ4n) is 2.71. The van der Waals surface area contributed by atoms with E-state index in [0.29, 0.717) is 6.61 Å². The zero-order valence-electron chi connectivity index (χ0n) is 12.0. The molecule has 3 aromatic rings. The molecule has 0 saturated heterocycles. The Morgan fingerprint density at radius 1 is 1.00 bits per heavy atom. The van der Waals surface area contributed by atoms with Crippen molar-refractivity contribution >= 4 is 10.9 Å². The zero-order valence-corrected chi connectivity index (χ0v) is 12.0. The summed E-state index contributed by atoms with van der Waals surface area (Å²) in [5.74, 6) is 0.981. The van der Waals surface area contributed by atoms with Gasteiger partial charge in [-0.05, 0) is 37.1 Å². The van der Waals surface area contributed by atoms with E-state index in [1.165, 1.54) is 22.0 Å². The van der Waals surface area contributed by atoms with E-state index in [-0.39, 0.29) is 0 Å². The number of benzene rings is 2. The molecular weight excluding hydrogens is 246 g/mol. The van der Waals surface area contributed by atoms with Crippen LogP contribution in [0.1, 0.15) is 18.1 Å². The van der Waals surface area contributed by atoms with Crippen LogP contribution in [0.4, 0.5) is 0 Å². The Morgan fingerprint density at radius 2 is 1.80 bits per heavy atom. The minimum atomic E-state index is 0.697. The molecule has 2 nitrogen and oxygen atoms in total. The molecule has 1 heterocycles. The van der Waals surface area contributed by atoms with Crippen LogP contribution in [0.2, 0.25) is 0 Å². The summed E-state index contributed by atoms with van der Waals surface area (Å²) in [5.41, 5.74) is 3.81. The van der Waals surface area contributed by atoms with Crippen LogP contribution in [-0.2, 0) is 6.54 Å². The van der Waals surface area contributed by atoms with Gasteiger partial charge in [-0.25, -0.2) is 0 Å². The average Bonchev–Trinajstić information content (AvgIpc) is 2.78. The van der Waals surface area contributed by atoms with E-state index in [4.69, 9.17) is 4.74 Å². The summed E-state index contributed by atoms with van der Waals surface area (Å²) >= 11 is 0. The molecule has 0 unspecified atom stereocenters. The fourth-order valence-corrected chi connectivity index (χ4v) is 2.71. The number of rotatable bonds is 4. The van der Waals surface area contributed by atoms with Crippen molar-refractivity contribution in [3.05, 3.63) is 65.9 Å². The van der Waals surface area contributed by atoms with Gasteiger partial charge < -0.3 is 9.30 Å². The molecule has 0 saturated carbocycles. The Hall–Kier alpha value is -2.22. The molecule has 2 heteroatoms. The van der Waals surface area contributed by atoms with Gasteiger partial charge in [0.15, 0.2) is 0 Å². The predicted molar refractivity (Wildman–Crippen MR) is 83.4 cm³/mol. The van der Waals surface area contributed by atoms with Crippen molar-refractivity contribution in [2.75, 3.05) is 6.61 Å². The second-order valence-corrected chi connectivity index (χ2v) is 5.01. The number of nitrogens with zero attached hydrogens (tertiary/aromatic N) is 1. The Balaban J connectivity index is 2.07. The minimum absolute atomic E-state index is 0.697. The highest BCUT2D eigenvalue weighted by Gasteiger charge is 2.10. The maximum absolute atomic E-state index is 5.75. The van der Waals surface area contributed by atoms with E-state index in [9.17, 15) is 0 Å². The van der Waals surface area contributed by atoms with Gasteiger partial charge in [-0.3, -0.25) is 0 Å². The summed E-state index contributed by atoms with van der Waals surface area (Å²) in [6.07, 6.45) is 2.21. The largest absolute Gasteiger partial charge is 0.493 e.